The fraction of sp³-hybridized carbons (Fsp3) is 0.700. The summed E-state index contributed by atoms with van der Waals surface area (Å²) in [6.45, 7) is 5.26. The number of hydrogen-bond donors (Lipinski definition) is 1. The first kappa shape index (κ1) is 17.4. The predicted molar refractivity (Wildman–Crippen MR) is 54.7 cm³/mol. The third-order valence-electron chi connectivity index (χ3n) is 2.05. The van der Waals surface area contributed by atoms with Gasteiger partial charge in [-0.25, -0.2) is 9.69 Å². The number of carbonyl (C=O) groups is 3. The number of aliphatic carboxylic acids is 1. The number of nitrogens with one attached hydrogen (secondary N) is 1. The van der Waals surface area contributed by atoms with Gasteiger partial charge < -0.3 is 14.6 Å². The molecule has 1 fully saturated rings. The Balaban J connectivity index is 0.00000289. The summed E-state index contributed by atoms with van der Waals surface area (Å²) >= 11 is 0. The van der Waals surface area contributed by atoms with E-state index in [4.69, 9.17) is 4.74 Å². The maximum absolute atomic E-state index is 11.6. The van der Waals surface area contributed by atoms with Gasteiger partial charge in [0.05, 0.1) is 5.97 Å². The van der Waals surface area contributed by atoms with Crippen LogP contribution in [0, 0.1) is 0 Å². The minimum Gasteiger partial charge on any atom is -0.548 e. The van der Waals surface area contributed by atoms with Crippen LogP contribution in [0.4, 0.5) is 4.79 Å². The van der Waals surface area contributed by atoms with Crippen LogP contribution in [0.2, 0.25) is 0 Å². The van der Waals surface area contributed by atoms with Crippen molar-refractivity contribution in [2.75, 3.05) is 13.1 Å². The average Bonchev–Trinajstić information content (AvgIpc) is 2.14. The van der Waals surface area contributed by atoms with Crippen molar-refractivity contribution >= 4 is 18.0 Å². The van der Waals surface area contributed by atoms with Crippen molar-refractivity contribution in [1.29, 1.82) is 0 Å². The summed E-state index contributed by atoms with van der Waals surface area (Å²) in [5.41, 5.74) is -0.737. The molecule has 1 aliphatic heterocycles. The maximum atomic E-state index is 11.6. The van der Waals surface area contributed by atoms with Crippen molar-refractivity contribution < 1.29 is 53.8 Å². The predicted octanol–water partition coefficient (Wildman–Crippen LogP) is -4.52. The third kappa shape index (κ3) is 4.56. The Morgan fingerprint density at radius 2 is 2.00 bits per heavy atom. The number of hydrogen-bond acceptors (Lipinski definition) is 6. The Labute approximate surface area is 127 Å². The van der Waals surface area contributed by atoms with Crippen LogP contribution in [-0.4, -0.2) is 47.6 Å². The monoisotopic (exact) mass is 266 g/mol. The molecule has 0 aromatic heterocycles. The first-order valence-electron chi connectivity index (χ1n) is 5.21. The second-order valence-corrected chi connectivity index (χ2v) is 4.68. The van der Waals surface area contributed by atoms with Crippen molar-refractivity contribution in [2.24, 2.45) is 0 Å². The molecule has 1 atom stereocenters. The molecule has 0 radical (unpaired) electrons. The van der Waals surface area contributed by atoms with Gasteiger partial charge in [0.25, 0.3) is 5.91 Å². The minimum atomic E-state index is -1.55. The standard InChI is InChI=1S/C10H16N2O5.Na/c1-10(2,3)17-9(16)12-5-4-11-6(7(12)13)8(14)15;/h6,11H,4-5H2,1-3H3,(H,14,15);/q;+1/p-1. The van der Waals surface area contributed by atoms with Crippen molar-refractivity contribution in [3.05, 3.63) is 0 Å². The van der Waals surface area contributed by atoms with E-state index in [1.807, 2.05) is 0 Å². The Kier molecular flexibility index (Phi) is 6.28. The van der Waals surface area contributed by atoms with Crippen molar-refractivity contribution in [1.82, 2.24) is 10.2 Å². The van der Waals surface area contributed by atoms with Gasteiger partial charge in [0.1, 0.15) is 11.6 Å². The van der Waals surface area contributed by atoms with Crippen molar-refractivity contribution in [2.45, 2.75) is 32.4 Å². The van der Waals surface area contributed by atoms with E-state index in [1.54, 1.807) is 20.8 Å². The van der Waals surface area contributed by atoms with Gasteiger partial charge in [0.2, 0.25) is 0 Å². The summed E-state index contributed by atoms with van der Waals surface area (Å²) in [7, 11) is 0. The fourth-order valence-corrected chi connectivity index (χ4v) is 1.36. The molecule has 1 heterocycles. The number of rotatable bonds is 1. The average molecular weight is 266 g/mol. The van der Waals surface area contributed by atoms with Gasteiger partial charge in [0, 0.05) is 13.1 Å². The Hall–Kier alpha value is -0.630. The van der Waals surface area contributed by atoms with Crippen molar-refractivity contribution in [3.8, 4) is 0 Å². The SMILES string of the molecule is CC(C)(C)OC(=O)N1CCNC(C(=O)[O-])C1=O.[Na+]. The molecule has 0 aliphatic carbocycles. The Morgan fingerprint density at radius 1 is 1.44 bits per heavy atom. The quantitative estimate of drug-likeness (QED) is 0.379. The van der Waals surface area contributed by atoms with Gasteiger partial charge in [0.15, 0.2) is 0 Å². The number of imide groups is 1. The molecule has 0 aromatic carbocycles. The molecule has 96 valence electrons. The zero-order chi connectivity index (χ0) is 13.2. The van der Waals surface area contributed by atoms with Crippen LogP contribution in [0.1, 0.15) is 20.8 Å². The molecule has 1 N–H and O–H groups in total. The normalized spacial score (nSPS) is 20.1. The molecule has 0 spiro atoms. The Bertz CT molecular complexity index is 353. The van der Waals surface area contributed by atoms with Gasteiger partial charge in [-0.2, -0.15) is 0 Å². The van der Waals surface area contributed by atoms with E-state index < -0.39 is 29.6 Å². The molecule has 1 rings (SSSR count). The van der Waals surface area contributed by atoms with Gasteiger partial charge in [-0.1, -0.05) is 0 Å². The number of ether oxygens (including phenoxy) is 1. The van der Waals surface area contributed by atoms with E-state index in [1.165, 1.54) is 0 Å². The van der Waals surface area contributed by atoms with E-state index in [9.17, 15) is 19.5 Å². The van der Waals surface area contributed by atoms with E-state index >= 15 is 0 Å². The summed E-state index contributed by atoms with van der Waals surface area (Å²) in [4.78, 5) is 34.7. The minimum absolute atomic E-state index is 0. The second-order valence-electron chi connectivity index (χ2n) is 4.68. The number of carbonyl (C=O) groups excluding carboxylic acids is 3. The molecule has 1 aliphatic rings. The van der Waals surface area contributed by atoms with Crippen molar-refractivity contribution in [3.63, 3.8) is 0 Å². The van der Waals surface area contributed by atoms with Crippen LogP contribution in [0.3, 0.4) is 0 Å². The third-order valence-corrected chi connectivity index (χ3v) is 2.05. The summed E-state index contributed by atoms with van der Waals surface area (Å²) < 4.78 is 5.00. The zero-order valence-corrected chi connectivity index (χ0v) is 13.0. The Morgan fingerprint density at radius 3 is 2.44 bits per heavy atom. The fourth-order valence-electron chi connectivity index (χ4n) is 1.36. The first-order chi connectivity index (χ1) is 7.72. The molecule has 0 aromatic rings. The number of amides is 2. The van der Waals surface area contributed by atoms with Crippen LogP contribution in [-0.2, 0) is 14.3 Å². The first-order valence-corrected chi connectivity index (χ1v) is 5.21. The molecule has 18 heavy (non-hydrogen) atoms. The topological polar surface area (TPSA) is 98.8 Å². The molecule has 0 bridgehead atoms. The smallest absolute Gasteiger partial charge is 0.548 e. The summed E-state index contributed by atoms with van der Waals surface area (Å²) in [5, 5.41) is 13.1. The summed E-state index contributed by atoms with van der Waals surface area (Å²) in [6.07, 6.45) is -0.838. The maximum Gasteiger partial charge on any atom is 1.00 e. The van der Waals surface area contributed by atoms with E-state index in [0.717, 1.165) is 4.90 Å². The van der Waals surface area contributed by atoms with Crippen LogP contribution in [0.15, 0.2) is 0 Å². The molecule has 7 nitrogen and oxygen atoms in total. The second kappa shape index (κ2) is 6.51. The molecular weight excluding hydrogens is 251 g/mol. The molecular formula is C10H15N2NaO5. The number of carboxylic acid groups (broad SMARTS) is 1. The summed E-state index contributed by atoms with van der Waals surface area (Å²) in [5.74, 6) is -2.41. The van der Waals surface area contributed by atoms with E-state index in [-0.39, 0.29) is 42.6 Å². The van der Waals surface area contributed by atoms with E-state index in [2.05, 4.69) is 5.32 Å². The van der Waals surface area contributed by atoms with Crippen LogP contribution >= 0.6 is 0 Å². The van der Waals surface area contributed by atoms with Crippen LogP contribution in [0.25, 0.3) is 0 Å². The molecule has 1 unspecified atom stereocenters. The largest absolute Gasteiger partial charge is 1.00 e. The summed E-state index contributed by atoms with van der Waals surface area (Å²) in [6, 6.07) is -1.49. The van der Waals surface area contributed by atoms with Gasteiger partial charge in [-0.05, 0) is 20.8 Å². The van der Waals surface area contributed by atoms with Gasteiger partial charge in [-0.3, -0.25) is 10.1 Å². The molecule has 0 saturated carbocycles. The number of nitrogens with zero attached hydrogens (tertiary/aromatic N) is 1. The van der Waals surface area contributed by atoms with E-state index in [0.29, 0.717) is 0 Å². The molecule has 1 saturated heterocycles. The number of carboxylic acids is 1. The van der Waals surface area contributed by atoms with Crippen LogP contribution in [0.5, 0.6) is 0 Å². The number of piperazine rings is 1. The zero-order valence-electron chi connectivity index (χ0n) is 11.0. The molecule has 2 amide bonds. The van der Waals surface area contributed by atoms with Gasteiger partial charge in [-0.15, -0.1) is 0 Å². The molecule has 8 heteroatoms. The van der Waals surface area contributed by atoms with Crippen LogP contribution < -0.4 is 40.0 Å². The van der Waals surface area contributed by atoms with Gasteiger partial charge >= 0.3 is 35.7 Å².